The predicted molar refractivity (Wildman–Crippen MR) is 115 cm³/mol. The van der Waals surface area contributed by atoms with E-state index in [-0.39, 0.29) is 17.7 Å². The molecule has 2 amide bonds. The van der Waals surface area contributed by atoms with Gasteiger partial charge in [-0.05, 0) is 36.2 Å². The smallest absolute Gasteiger partial charge is 0.259 e. The summed E-state index contributed by atoms with van der Waals surface area (Å²) in [6.45, 7) is 2.65. The molecule has 1 N–H and O–H groups in total. The van der Waals surface area contributed by atoms with Gasteiger partial charge in [-0.1, -0.05) is 54.1 Å². The normalized spacial score (nSPS) is 16.3. The second-order valence-corrected chi connectivity index (χ2v) is 8.22. The third-order valence-electron chi connectivity index (χ3n) is 4.91. The lowest BCUT2D eigenvalue weighted by Gasteiger charge is -2.16. The minimum atomic E-state index is -0.335. The van der Waals surface area contributed by atoms with Crippen LogP contribution < -0.4 is 10.2 Å². The Morgan fingerprint density at radius 1 is 1.21 bits per heavy atom. The zero-order valence-corrected chi connectivity index (χ0v) is 17.3. The van der Waals surface area contributed by atoms with E-state index in [1.807, 2.05) is 24.3 Å². The molecule has 1 fully saturated rings. The molecular weight excluding hydrogens is 408 g/mol. The molecule has 1 aliphatic rings. The fraction of sp³-hybridized carbons (Fsp3) is 0.238. The summed E-state index contributed by atoms with van der Waals surface area (Å²) in [5, 5.41) is 12.5. The first-order valence-electron chi connectivity index (χ1n) is 9.33. The Balaban J connectivity index is 1.45. The lowest BCUT2D eigenvalue weighted by atomic mass is 10.1. The minimum absolute atomic E-state index is 0.0446. The lowest BCUT2D eigenvalue weighted by molar-refractivity contribution is -0.117. The topological polar surface area (TPSA) is 75.2 Å². The van der Waals surface area contributed by atoms with Crippen molar-refractivity contribution in [1.82, 2.24) is 10.2 Å². The lowest BCUT2D eigenvalue weighted by Crippen LogP contribution is -2.24. The van der Waals surface area contributed by atoms with Crippen LogP contribution in [0.15, 0.2) is 48.5 Å². The molecule has 1 aliphatic heterocycles. The molecule has 0 aliphatic carbocycles. The predicted octanol–water partition coefficient (Wildman–Crippen LogP) is 4.53. The molecule has 29 heavy (non-hydrogen) atoms. The van der Waals surface area contributed by atoms with Crippen molar-refractivity contribution in [1.29, 1.82) is 0 Å². The average Bonchev–Trinajstić information content (AvgIpc) is 3.35. The van der Waals surface area contributed by atoms with Crippen LogP contribution in [0.4, 0.5) is 10.8 Å². The third-order valence-corrected chi connectivity index (χ3v) is 6.24. The van der Waals surface area contributed by atoms with Gasteiger partial charge in [-0.3, -0.25) is 14.9 Å². The van der Waals surface area contributed by atoms with Gasteiger partial charge in [-0.15, -0.1) is 10.2 Å². The molecule has 0 unspecified atom stereocenters. The fourth-order valence-electron chi connectivity index (χ4n) is 3.29. The Labute approximate surface area is 177 Å². The zero-order valence-electron chi connectivity index (χ0n) is 15.8. The number of hydrogen-bond donors (Lipinski definition) is 1. The number of carbonyl (C=O) groups is 2. The van der Waals surface area contributed by atoms with Crippen LogP contribution >= 0.6 is 22.9 Å². The minimum Gasteiger partial charge on any atom is -0.312 e. The number of hydrogen-bond acceptors (Lipinski definition) is 5. The first kappa shape index (κ1) is 19.5. The Bertz CT molecular complexity index is 1050. The number of nitrogens with zero attached hydrogens (tertiary/aromatic N) is 3. The number of amides is 2. The summed E-state index contributed by atoms with van der Waals surface area (Å²) in [6.07, 6.45) is 1.34. The largest absolute Gasteiger partial charge is 0.312 e. The molecule has 0 radical (unpaired) electrons. The van der Waals surface area contributed by atoms with Crippen LogP contribution in [0.5, 0.6) is 0 Å². The van der Waals surface area contributed by atoms with Gasteiger partial charge < -0.3 is 4.90 Å². The van der Waals surface area contributed by atoms with Gasteiger partial charge in [0.05, 0.1) is 10.6 Å². The van der Waals surface area contributed by atoms with Gasteiger partial charge in [0.1, 0.15) is 5.01 Å². The van der Waals surface area contributed by atoms with Crippen LogP contribution in [0.25, 0.3) is 0 Å². The Morgan fingerprint density at radius 3 is 2.69 bits per heavy atom. The standard InChI is InChI=1S/C21H19ClN4O2S/c1-2-13-7-9-15(10-8-13)26-12-14(11-18(26)27)20-24-25-21(29-20)23-19(28)16-5-3-4-6-17(16)22/h3-10,14H,2,11-12H2,1H3,(H,23,25,28)/t14-/m0/s1. The number of nitrogens with one attached hydrogen (secondary N) is 1. The Kier molecular flexibility index (Phi) is 5.60. The molecule has 2 heterocycles. The molecule has 2 aromatic carbocycles. The SMILES string of the molecule is CCc1ccc(N2C[C@@H](c3nnc(NC(=O)c4ccccc4Cl)s3)CC2=O)cc1. The van der Waals surface area contributed by atoms with Crippen molar-refractivity contribution in [2.75, 3.05) is 16.8 Å². The van der Waals surface area contributed by atoms with E-state index in [0.717, 1.165) is 17.1 Å². The van der Waals surface area contributed by atoms with Gasteiger partial charge in [0.2, 0.25) is 11.0 Å². The monoisotopic (exact) mass is 426 g/mol. The van der Waals surface area contributed by atoms with E-state index in [9.17, 15) is 9.59 Å². The number of carbonyl (C=O) groups excluding carboxylic acids is 2. The van der Waals surface area contributed by atoms with E-state index in [1.165, 1.54) is 16.9 Å². The van der Waals surface area contributed by atoms with Crippen LogP contribution in [-0.2, 0) is 11.2 Å². The summed E-state index contributed by atoms with van der Waals surface area (Å²) in [4.78, 5) is 26.7. The van der Waals surface area contributed by atoms with E-state index in [1.54, 1.807) is 29.2 Å². The van der Waals surface area contributed by atoms with Crippen molar-refractivity contribution < 1.29 is 9.59 Å². The van der Waals surface area contributed by atoms with Crippen molar-refractivity contribution >= 4 is 45.6 Å². The molecule has 6 nitrogen and oxygen atoms in total. The Morgan fingerprint density at radius 2 is 1.97 bits per heavy atom. The summed E-state index contributed by atoms with van der Waals surface area (Å²) in [5.74, 6) is -0.314. The molecular formula is C21H19ClN4O2S. The number of benzene rings is 2. The number of aryl methyl sites for hydroxylation is 1. The summed E-state index contributed by atoms with van der Waals surface area (Å²) in [5.41, 5.74) is 2.51. The van der Waals surface area contributed by atoms with Gasteiger partial charge >= 0.3 is 0 Å². The maximum Gasteiger partial charge on any atom is 0.259 e. The summed E-state index contributed by atoms with van der Waals surface area (Å²) in [6, 6.07) is 14.9. The van der Waals surface area contributed by atoms with Crippen molar-refractivity contribution in [2.45, 2.75) is 25.7 Å². The van der Waals surface area contributed by atoms with Crippen LogP contribution in [-0.4, -0.2) is 28.6 Å². The molecule has 0 bridgehead atoms. The van der Waals surface area contributed by atoms with Crippen LogP contribution in [0.2, 0.25) is 5.02 Å². The molecule has 8 heteroatoms. The van der Waals surface area contributed by atoms with Crippen molar-refractivity contribution in [2.24, 2.45) is 0 Å². The van der Waals surface area contributed by atoms with E-state index in [2.05, 4.69) is 22.4 Å². The highest BCUT2D eigenvalue weighted by Gasteiger charge is 2.34. The first-order valence-corrected chi connectivity index (χ1v) is 10.5. The number of anilines is 2. The maximum atomic E-state index is 12.5. The van der Waals surface area contributed by atoms with Gasteiger partial charge in [0.25, 0.3) is 5.91 Å². The van der Waals surface area contributed by atoms with Crippen molar-refractivity contribution in [3.8, 4) is 0 Å². The van der Waals surface area contributed by atoms with E-state index in [4.69, 9.17) is 11.6 Å². The second-order valence-electron chi connectivity index (χ2n) is 6.80. The van der Waals surface area contributed by atoms with E-state index < -0.39 is 0 Å². The zero-order chi connectivity index (χ0) is 20.4. The molecule has 0 saturated carbocycles. The molecule has 4 rings (SSSR count). The number of halogens is 1. The highest BCUT2D eigenvalue weighted by Crippen LogP contribution is 2.34. The molecule has 1 aromatic heterocycles. The fourth-order valence-corrected chi connectivity index (χ4v) is 4.35. The summed E-state index contributed by atoms with van der Waals surface area (Å²) >= 11 is 7.36. The van der Waals surface area contributed by atoms with E-state index in [0.29, 0.717) is 28.7 Å². The highest BCUT2D eigenvalue weighted by molar-refractivity contribution is 7.15. The van der Waals surface area contributed by atoms with Gasteiger partial charge in [-0.2, -0.15) is 0 Å². The van der Waals surface area contributed by atoms with Crippen LogP contribution in [0, 0.1) is 0 Å². The number of rotatable bonds is 5. The Hall–Kier alpha value is -2.77. The molecule has 1 atom stereocenters. The molecule has 1 saturated heterocycles. The highest BCUT2D eigenvalue weighted by atomic mass is 35.5. The summed E-state index contributed by atoms with van der Waals surface area (Å²) in [7, 11) is 0. The summed E-state index contributed by atoms with van der Waals surface area (Å²) < 4.78 is 0. The average molecular weight is 427 g/mol. The van der Waals surface area contributed by atoms with Crippen molar-refractivity contribution in [3.63, 3.8) is 0 Å². The first-order chi connectivity index (χ1) is 14.0. The van der Waals surface area contributed by atoms with E-state index >= 15 is 0 Å². The number of aromatic nitrogens is 2. The van der Waals surface area contributed by atoms with Crippen LogP contribution in [0.1, 0.15) is 40.2 Å². The third kappa shape index (κ3) is 4.16. The van der Waals surface area contributed by atoms with Gasteiger partial charge in [-0.25, -0.2) is 0 Å². The second kappa shape index (κ2) is 8.31. The molecule has 3 aromatic rings. The maximum absolute atomic E-state index is 12.5. The van der Waals surface area contributed by atoms with Gasteiger partial charge in [0.15, 0.2) is 0 Å². The van der Waals surface area contributed by atoms with Gasteiger partial charge in [0, 0.05) is 24.6 Å². The molecule has 0 spiro atoms. The van der Waals surface area contributed by atoms with Crippen LogP contribution in [0.3, 0.4) is 0 Å². The quantitative estimate of drug-likeness (QED) is 0.650. The molecule has 148 valence electrons. The van der Waals surface area contributed by atoms with Crippen molar-refractivity contribution in [3.05, 3.63) is 69.7 Å².